The van der Waals surface area contributed by atoms with Crippen molar-refractivity contribution in [2.75, 3.05) is 0 Å². The van der Waals surface area contributed by atoms with Crippen LogP contribution in [0.2, 0.25) is 0 Å². The van der Waals surface area contributed by atoms with Crippen molar-refractivity contribution in [3.8, 4) is 0 Å². The Labute approximate surface area is 116 Å². The Kier molecular flexibility index (Phi) is 3.12. The molecule has 0 radical (unpaired) electrons. The number of aliphatic carboxylic acids is 1. The van der Waals surface area contributed by atoms with Crippen LogP contribution < -0.4 is 5.32 Å². The lowest BCUT2D eigenvalue weighted by Crippen LogP contribution is -2.41. The lowest BCUT2D eigenvalue weighted by atomic mass is 9.82. The first-order valence-electron chi connectivity index (χ1n) is 6.83. The number of hydrogen-bond acceptors (Lipinski definition) is 3. The third-order valence-electron chi connectivity index (χ3n) is 4.38. The summed E-state index contributed by atoms with van der Waals surface area (Å²) in [6.45, 7) is 1.83. The van der Waals surface area contributed by atoms with Gasteiger partial charge in [0.2, 0.25) is 5.91 Å². The normalized spacial score (nSPS) is 32.2. The Morgan fingerprint density at radius 2 is 2.05 bits per heavy atom. The summed E-state index contributed by atoms with van der Waals surface area (Å²) in [4.78, 5) is 23.8. The van der Waals surface area contributed by atoms with E-state index in [0.29, 0.717) is 5.76 Å². The molecule has 0 aromatic carbocycles. The average molecular weight is 275 g/mol. The van der Waals surface area contributed by atoms with E-state index in [9.17, 15) is 14.7 Å². The molecule has 2 bridgehead atoms. The molecule has 4 unspecified atom stereocenters. The maximum Gasteiger partial charge on any atom is 0.307 e. The van der Waals surface area contributed by atoms with E-state index in [0.717, 1.165) is 6.42 Å². The van der Waals surface area contributed by atoms with Crippen LogP contribution in [0.25, 0.3) is 0 Å². The van der Waals surface area contributed by atoms with Crippen LogP contribution in [0.3, 0.4) is 0 Å². The Bertz CT molecular complexity index is 548. The van der Waals surface area contributed by atoms with Crippen molar-refractivity contribution < 1.29 is 19.1 Å². The molecule has 1 saturated carbocycles. The molecule has 2 aliphatic rings. The van der Waals surface area contributed by atoms with Gasteiger partial charge < -0.3 is 14.8 Å². The van der Waals surface area contributed by atoms with Gasteiger partial charge in [0, 0.05) is 0 Å². The Hall–Kier alpha value is -2.04. The van der Waals surface area contributed by atoms with E-state index in [2.05, 4.69) is 5.32 Å². The predicted octanol–water partition coefficient (Wildman–Crippen LogP) is 1.98. The van der Waals surface area contributed by atoms with E-state index in [1.165, 1.54) is 0 Å². The van der Waals surface area contributed by atoms with Crippen LogP contribution in [0.15, 0.2) is 35.0 Å². The van der Waals surface area contributed by atoms with Crippen LogP contribution in [0.4, 0.5) is 0 Å². The second-order valence-electron chi connectivity index (χ2n) is 5.58. The van der Waals surface area contributed by atoms with Gasteiger partial charge in [0.15, 0.2) is 0 Å². The molecule has 5 atom stereocenters. The van der Waals surface area contributed by atoms with Gasteiger partial charge in [0.05, 0.1) is 24.1 Å². The SMILES string of the molecule is C[C@H](NC(=O)C1C2C=CC(C2)C1C(=O)O)c1ccco1. The van der Waals surface area contributed by atoms with Gasteiger partial charge in [-0.05, 0) is 37.3 Å². The van der Waals surface area contributed by atoms with Crippen LogP contribution in [-0.2, 0) is 9.59 Å². The highest BCUT2D eigenvalue weighted by Gasteiger charge is 2.51. The Balaban J connectivity index is 1.73. The summed E-state index contributed by atoms with van der Waals surface area (Å²) in [5, 5.41) is 12.2. The molecule has 5 nitrogen and oxygen atoms in total. The molecule has 1 aromatic heterocycles. The summed E-state index contributed by atoms with van der Waals surface area (Å²) < 4.78 is 5.25. The molecule has 3 rings (SSSR count). The maximum absolute atomic E-state index is 12.4. The fraction of sp³-hybridized carbons (Fsp3) is 0.467. The molecule has 0 saturated heterocycles. The van der Waals surface area contributed by atoms with Gasteiger partial charge in [0.25, 0.3) is 0 Å². The van der Waals surface area contributed by atoms with Crippen LogP contribution in [0, 0.1) is 23.7 Å². The minimum absolute atomic E-state index is 0.00725. The molecule has 1 fully saturated rings. The van der Waals surface area contributed by atoms with Crippen LogP contribution >= 0.6 is 0 Å². The minimum Gasteiger partial charge on any atom is -0.481 e. The topological polar surface area (TPSA) is 79.5 Å². The van der Waals surface area contributed by atoms with E-state index in [1.807, 2.05) is 19.1 Å². The maximum atomic E-state index is 12.4. The highest BCUT2D eigenvalue weighted by atomic mass is 16.4. The predicted molar refractivity (Wildman–Crippen MR) is 70.6 cm³/mol. The van der Waals surface area contributed by atoms with Crippen molar-refractivity contribution in [2.24, 2.45) is 23.7 Å². The number of nitrogens with one attached hydrogen (secondary N) is 1. The zero-order valence-electron chi connectivity index (χ0n) is 11.2. The highest BCUT2D eigenvalue weighted by molar-refractivity contribution is 5.87. The molecule has 0 spiro atoms. The van der Waals surface area contributed by atoms with Crippen molar-refractivity contribution >= 4 is 11.9 Å². The first-order valence-corrected chi connectivity index (χ1v) is 6.83. The molecule has 0 aliphatic heterocycles. The second-order valence-corrected chi connectivity index (χ2v) is 5.58. The Morgan fingerprint density at radius 1 is 1.35 bits per heavy atom. The smallest absolute Gasteiger partial charge is 0.307 e. The number of carbonyl (C=O) groups is 2. The molecule has 20 heavy (non-hydrogen) atoms. The van der Waals surface area contributed by atoms with Crippen molar-refractivity contribution in [1.29, 1.82) is 0 Å². The van der Waals surface area contributed by atoms with E-state index in [-0.39, 0.29) is 23.8 Å². The van der Waals surface area contributed by atoms with Crippen molar-refractivity contribution in [2.45, 2.75) is 19.4 Å². The van der Waals surface area contributed by atoms with Gasteiger partial charge in [-0.15, -0.1) is 0 Å². The molecule has 2 aliphatic carbocycles. The summed E-state index contributed by atoms with van der Waals surface area (Å²) in [5.41, 5.74) is 0. The van der Waals surface area contributed by atoms with Crippen LogP contribution in [0.5, 0.6) is 0 Å². The third kappa shape index (κ3) is 2.03. The van der Waals surface area contributed by atoms with Gasteiger partial charge in [-0.1, -0.05) is 12.2 Å². The molecular weight excluding hydrogens is 258 g/mol. The zero-order valence-corrected chi connectivity index (χ0v) is 11.2. The standard InChI is InChI=1S/C15H17NO4/c1-8(11-3-2-6-20-11)16-14(17)12-9-4-5-10(7-9)13(12)15(18)19/h2-6,8-10,12-13H,7H2,1H3,(H,16,17)(H,18,19)/t8-,9?,10?,12?,13?/m0/s1. The molecule has 1 heterocycles. The minimum atomic E-state index is -0.882. The first kappa shape index (κ1) is 13.0. The highest BCUT2D eigenvalue weighted by Crippen LogP contribution is 2.48. The number of allylic oxidation sites excluding steroid dienone is 2. The average Bonchev–Trinajstić information content (AvgIpc) is 3.13. The number of furan rings is 1. The summed E-state index contributed by atoms with van der Waals surface area (Å²) in [6, 6.07) is 3.30. The van der Waals surface area contributed by atoms with E-state index in [1.54, 1.807) is 18.4 Å². The zero-order chi connectivity index (χ0) is 14.3. The summed E-state index contributed by atoms with van der Waals surface area (Å²) in [7, 11) is 0. The quantitative estimate of drug-likeness (QED) is 0.823. The number of rotatable bonds is 4. The van der Waals surface area contributed by atoms with Crippen molar-refractivity contribution in [1.82, 2.24) is 5.32 Å². The van der Waals surface area contributed by atoms with Gasteiger partial charge in [-0.25, -0.2) is 0 Å². The molecule has 2 N–H and O–H groups in total. The van der Waals surface area contributed by atoms with E-state index >= 15 is 0 Å². The molecule has 5 heteroatoms. The largest absolute Gasteiger partial charge is 0.481 e. The number of hydrogen-bond donors (Lipinski definition) is 2. The summed E-state index contributed by atoms with van der Waals surface area (Å²) in [6.07, 6.45) is 6.23. The molecule has 1 amide bonds. The van der Waals surface area contributed by atoms with E-state index < -0.39 is 17.8 Å². The number of amides is 1. The second kappa shape index (κ2) is 4.81. The van der Waals surface area contributed by atoms with Crippen molar-refractivity contribution in [3.05, 3.63) is 36.3 Å². The number of carboxylic acids is 1. The fourth-order valence-corrected chi connectivity index (χ4v) is 3.43. The third-order valence-corrected chi connectivity index (χ3v) is 4.38. The lowest BCUT2D eigenvalue weighted by molar-refractivity contribution is -0.148. The Morgan fingerprint density at radius 3 is 2.65 bits per heavy atom. The van der Waals surface area contributed by atoms with Crippen molar-refractivity contribution in [3.63, 3.8) is 0 Å². The molecule has 106 valence electrons. The fourth-order valence-electron chi connectivity index (χ4n) is 3.43. The van der Waals surface area contributed by atoms with Crippen LogP contribution in [0.1, 0.15) is 25.1 Å². The monoisotopic (exact) mass is 275 g/mol. The van der Waals surface area contributed by atoms with Crippen LogP contribution in [-0.4, -0.2) is 17.0 Å². The summed E-state index contributed by atoms with van der Waals surface area (Å²) in [5.74, 6) is -1.44. The van der Waals surface area contributed by atoms with Gasteiger partial charge in [-0.2, -0.15) is 0 Å². The van der Waals surface area contributed by atoms with E-state index in [4.69, 9.17) is 4.42 Å². The lowest BCUT2D eigenvalue weighted by Gasteiger charge is -2.25. The summed E-state index contributed by atoms with van der Waals surface area (Å²) >= 11 is 0. The number of fused-ring (bicyclic) bond motifs is 2. The van der Waals surface area contributed by atoms with Gasteiger partial charge >= 0.3 is 5.97 Å². The van der Waals surface area contributed by atoms with Gasteiger partial charge in [0.1, 0.15) is 5.76 Å². The molecule has 1 aromatic rings. The van der Waals surface area contributed by atoms with Gasteiger partial charge in [-0.3, -0.25) is 9.59 Å². The first-order chi connectivity index (χ1) is 9.58. The number of carbonyl (C=O) groups excluding carboxylic acids is 1. The number of carboxylic acid groups (broad SMARTS) is 1. The molecular formula is C15H17NO4.